The van der Waals surface area contributed by atoms with Crippen LogP contribution in [0.4, 0.5) is 0 Å². The van der Waals surface area contributed by atoms with Gasteiger partial charge in [0, 0.05) is 0 Å². The van der Waals surface area contributed by atoms with Crippen molar-refractivity contribution in [2.75, 3.05) is 0 Å². The normalized spacial score (nSPS) is 11.4. The van der Waals surface area contributed by atoms with Crippen molar-refractivity contribution in [2.24, 2.45) is 10.9 Å². The summed E-state index contributed by atoms with van der Waals surface area (Å²) in [5, 5.41) is 11.9. The fourth-order valence-corrected chi connectivity index (χ4v) is 2.01. The predicted molar refractivity (Wildman–Crippen MR) is 79.7 cm³/mol. The lowest BCUT2D eigenvalue weighted by atomic mass is 10.1. The Morgan fingerprint density at radius 3 is 2.30 bits per heavy atom. The van der Waals surface area contributed by atoms with Gasteiger partial charge in [-0.25, -0.2) is 0 Å². The molecule has 0 aliphatic rings. The van der Waals surface area contributed by atoms with Gasteiger partial charge in [0.15, 0.2) is 5.84 Å². The third-order valence-electron chi connectivity index (χ3n) is 3.07. The molecule has 4 nitrogen and oxygen atoms in total. The number of oxime groups is 1. The van der Waals surface area contributed by atoms with Crippen LogP contribution < -0.4 is 10.5 Å². The third-order valence-corrected chi connectivity index (χ3v) is 3.07. The van der Waals surface area contributed by atoms with Gasteiger partial charge in [0.05, 0.1) is 5.56 Å². The van der Waals surface area contributed by atoms with E-state index in [0.717, 1.165) is 16.9 Å². The summed E-state index contributed by atoms with van der Waals surface area (Å²) >= 11 is 0. The van der Waals surface area contributed by atoms with Gasteiger partial charge >= 0.3 is 0 Å². The molecule has 0 aliphatic heterocycles. The summed E-state index contributed by atoms with van der Waals surface area (Å²) in [6.45, 7) is 5.98. The molecule has 0 amide bonds. The monoisotopic (exact) mass is 270 g/mol. The van der Waals surface area contributed by atoms with Crippen LogP contribution in [0.2, 0.25) is 0 Å². The van der Waals surface area contributed by atoms with E-state index in [9.17, 15) is 0 Å². The van der Waals surface area contributed by atoms with Crippen molar-refractivity contribution in [1.29, 1.82) is 0 Å². The van der Waals surface area contributed by atoms with Crippen molar-refractivity contribution in [2.45, 2.75) is 20.8 Å². The summed E-state index contributed by atoms with van der Waals surface area (Å²) < 4.78 is 5.93. The largest absolute Gasteiger partial charge is 0.456 e. The van der Waals surface area contributed by atoms with Crippen molar-refractivity contribution in [3.8, 4) is 11.5 Å². The first-order valence-corrected chi connectivity index (χ1v) is 6.35. The molecule has 0 aliphatic carbocycles. The molecule has 20 heavy (non-hydrogen) atoms. The van der Waals surface area contributed by atoms with Gasteiger partial charge in [-0.05, 0) is 50.1 Å². The average molecular weight is 270 g/mol. The zero-order valence-corrected chi connectivity index (χ0v) is 11.8. The van der Waals surface area contributed by atoms with Gasteiger partial charge in [-0.2, -0.15) is 0 Å². The van der Waals surface area contributed by atoms with Gasteiger partial charge in [-0.3, -0.25) is 0 Å². The molecule has 0 bridgehead atoms. The highest BCUT2D eigenvalue weighted by atomic mass is 16.5. The molecular formula is C16H18N2O2. The number of hydrogen-bond donors (Lipinski definition) is 2. The Hall–Kier alpha value is -2.49. The lowest BCUT2D eigenvalue weighted by molar-refractivity contribution is 0.318. The molecule has 0 saturated heterocycles. The predicted octanol–water partition coefficient (Wildman–Crippen LogP) is 3.50. The van der Waals surface area contributed by atoms with Crippen LogP contribution in [0.3, 0.4) is 0 Å². The Bertz CT molecular complexity index is 664. The highest BCUT2D eigenvalue weighted by Crippen LogP contribution is 2.29. The van der Waals surface area contributed by atoms with Gasteiger partial charge in [0.25, 0.3) is 0 Å². The second-order valence-electron chi connectivity index (χ2n) is 4.86. The number of amidine groups is 1. The van der Waals surface area contributed by atoms with Crippen LogP contribution in [0.15, 0.2) is 41.6 Å². The fourth-order valence-electron chi connectivity index (χ4n) is 2.01. The van der Waals surface area contributed by atoms with E-state index in [1.165, 1.54) is 5.56 Å². The third kappa shape index (κ3) is 2.91. The van der Waals surface area contributed by atoms with Crippen LogP contribution in [-0.4, -0.2) is 11.0 Å². The Morgan fingerprint density at radius 2 is 1.65 bits per heavy atom. The number of rotatable bonds is 3. The Kier molecular flexibility index (Phi) is 3.94. The van der Waals surface area contributed by atoms with E-state index in [1.54, 1.807) is 6.07 Å². The highest BCUT2D eigenvalue weighted by Gasteiger charge is 2.11. The van der Waals surface area contributed by atoms with Gasteiger partial charge < -0.3 is 15.7 Å². The molecule has 2 aromatic rings. The van der Waals surface area contributed by atoms with Crippen molar-refractivity contribution in [3.63, 3.8) is 0 Å². The lowest BCUT2D eigenvalue weighted by Gasteiger charge is -2.13. The molecule has 2 rings (SSSR count). The summed E-state index contributed by atoms with van der Waals surface area (Å²) in [6, 6.07) is 11.5. The molecule has 0 aromatic heterocycles. The molecule has 0 saturated carbocycles. The van der Waals surface area contributed by atoms with Gasteiger partial charge in [-0.1, -0.05) is 28.9 Å². The first-order valence-electron chi connectivity index (χ1n) is 6.35. The maximum Gasteiger partial charge on any atom is 0.173 e. The van der Waals surface area contributed by atoms with Crippen molar-refractivity contribution in [3.05, 3.63) is 58.7 Å². The zero-order chi connectivity index (χ0) is 14.7. The summed E-state index contributed by atoms with van der Waals surface area (Å²) in [4.78, 5) is 0. The molecular weight excluding hydrogens is 252 g/mol. The van der Waals surface area contributed by atoms with E-state index in [2.05, 4.69) is 5.16 Å². The minimum Gasteiger partial charge on any atom is -0.456 e. The summed E-state index contributed by atoms with van der Waals surface area (Å²) in [5.74, 6) is 1.37. The van der Waals surface area contributed by atoms with E-state index >= 15 is 0 Å². The molecule has 2 aromatic carbocycles. The fraction of sp³-hybridized carbons (Fsp3) is 0.188. The molecule has 0 heterocycles. The maximum absolute atomic E-state index is 8.85. The second-order valence-corrected chi connectivity index (χ2v) is 4.86. The topological polar surface area (TPSA) is 67.8 Å². The lowest BCUT2D eigenvalue weighted by Crippen LogP contribution is -2.14. The molecule has 0 radical (unpaired) electrons. The maximum atomic E-state index is 8.85. The van der Waals surface area contributed by atoms with Crippen molar-refractivity contribution >= 4 is 5.84 Å². The van der Waals surface area contributed by atoms with E-state index in [-0.39, 0.29) is 5.84 Å². The number of ether oxygens (including phenoxy) is 1. The molecule has 3 N–H and O–H groups in total. The van der Waals surface area contributed by atoms with Crippen LogP contribution in [-0.2, 0) is 0 Å². The number of nitrogens with zero attached hydrogens (tertiary/aromatic N) is 1. The number of nitrogens with two attached hydrogens (primary N) is 1. The van der Waals surface area contributed by atoms with E-state index in [1.807, 2.05) is 51.1 Å². The minimum absolute atomic E-state index is 0.0322. The second kappa shape index (κ2) is 5.65. The molecule has 0 spiro atoms. The van der Waals surface area contributed by atoms with E-state index in [0.29, 0.717) is 11.3 Å². The first kappa shape index (κ1) is 13.9. The van der Waals surface area contributed by atoms with Crippen LogP contribution >= 0.6 is 0 Å². The zero-order valence-electron chi connectivity index (χ0n) is 11.8. The first-order chi connectivity index (χ1) is 9.51. The number of aryl methyl sites for hydroxylation is 3. The summed E-state index contributed by atoms with van der Waals surface area (Å²) in [5.41, 5.74) is 9.51. The van der Waals surface area contributed by atoms with Gasteiger partial charge in [-0.15, -0.1) is 0 Å². The van der Waals surface area contributed by atoms with Crippen LogP contribution in [0, 0.1) is 20.8 Å². The molecule has 0 fully saturated rings. The van der Waals surface area contributed by atoms with E-state index in [4.69, 9.17) is 15.7 Å². The minimum atomic E-state index is 0.0322. The van der Waals surface area contributed by atoms with Crippen molar-refractivity contribution in [1.82, 2.24) is 0 Å². The molecule has 104 valence electrons. The molecule has 0 unspecified atom stereocenters. The Labute approximate surface area is 118 Å². The van der Waals surface area contributed by atoms with E-state index < -0.39 is 0 Å². The quantitative estimate of drug-likeness (QED) is 0.388. The molecule has 4 heteroatoms. The Balaban J connectivity index is 2.44. The van der Waals surface area contributed by atoms with Gasteiger partial charge in [0.1, 0.15) is 11.5 Å². The number of benzene rings is 2. The average Bonchev–Trinajstić information content (AvgIpc) is 2.41. The summed E-state index contributed by atoms with van der Waals surface area (Å²) in [6.07, 6.45) is 0. The van der Waals surface area contributed by atoms with Crippen LogP contribution in [0.5, 0.6) is 11.5 Å². The van der Waals surface area contributed by atoms with Gasteiger partial charge in [0.2, 0.25) is 0 Å². The number of hydrogen-bond acceptors (Lipinski definition) is 3. The van der Waals surface area contributed by atoms with Crippen LogP contribution in [0.1, 0.15) is 22.3 Å². The summed E-state index contributed by atoms with van der Waals surface area (Å²) in [7, 11) is 0. The Morgan fingerprint density at radius 1 is 1.00 bits per heavy atom. The smallest absolute Gasteiger partial charge is 0.173 e. The standard InChI is InChI=1S/C16H18N2O2/c1-10-5-7-14(12(3)8-10)20-15-9-11(2)4-6-13(15)16(17)18-19/h4-9,19H,1-3H3,(H2,17,18). The SMILES string of the molecule is Cc1ccc(Oc2cc(C)ccc2C(N)=NO)c(C)c1. The highest BCUT2D eigenvalue weighted by molar-refractivity contribution is 5.99. The van der Waals surface area contributed by atoms with Crippen molar-refractivity contribution < 1.29 is 9.94 Å². The van der Waals surface area contributed by atoms with Crippen LogP contribution in [0.25, 0.3) is 0 Å². The molecule has 0 atom stereocenters.